The number of aromatic nitrogens is 1. The van der Waals surface area contributed by atoms with Crippen LogP contribution in [0, 0.1) is 0 Å². The standard InChI is InChI=1S/C22H29NO4/c1-3-4-5-6-15(2)27-17-11-19-21(20(24)12-17)18-13-22(25-9-10-26-22)8-7-16(18)14-23-19/h11-12,14-15,24H,3-10,13H2,1-2H3. The Bertz CT molecular complexity index is 814. The van der Waals surface area contributed by atoms with Crippen LogP contribution in [0.2, 0.25) is 0 Å². The molecule has 4 rings (SSSR count). The Balaban J connectivity index is 1.61. The fourth-order valence-electron chi connectivity index (χ4n) is 4.27. The highest BCUT2D eigenvalue weighted by molar-refractivity contribution is 5.90. The highest BCUT2D eigenvalue weighted by atomic mass is 16.7. The molecule has 27 heavy (non-hydrogen) atoms. The van der Waals surface area contributed by atoms with Crippen molar-refractivity contribution in [3.8, 4) is 11.5 Å². The first-order valence-electron chi connectivity index (χ1n) is 10.2. The van der Waals surface area contributed by atoms with Gasteiger partial charge in [-0.25, -0.2) is 0 Å². The smallest absolute Gasteiger partial charge is 0.172 e. The van der Waals surface area contributed by atoms with Gasteiger partial charge < -0.3 is 19.3 Å². The van der Waals surface area contributed by atoms with Gasteiger partial charge >= 0.3 is 0 Å². The SMILES string of the molecule is CCCCCC(C)Oc1cc(O)c2c3c(cnc2c1)CCC1(C3)OCCO1. The molecule has 0 saturated carbocycles. The second kappa shape index (κ2) is 7.64. The van der Waals surface area contributed by atoms with Gasteiger partial charge in [-0.1, -0.05) is 19.8 Å². The molecule has 2 aliphatic rings. The lowest BCUT2D eigenvalue weighted by molar-refractivity contribution is -0.163. The van der Waals surface area contributed by atoms with Crippen LogP contribution in [0.5, 0.6) is 11.5 Å². The lowest BCUT2D eigenvalue weighted by Crippen LogP contribution is -2.37. The van der Waals surface area contributed by atoms with Crippen molar-refractivity contribution in [1.82, 2.24) is 4.98 Å². The minimum Gasteiger partial charge on any atom is -0.507 e. The Labute approximate surface area is 160 Å². The van der Waals surface area contributed by atoms with E-state index in [1.807, 2.05) is 12.3 Å². The zero-order chi connectivity index (χ0) is 18.9. The van der Waals surface area contributed by atoms with Gasteiger partial charge in [-0.3, -0.25) is 4.98 Å². The van der Waals surface area contributed by atoms with Gasteiger partial charge in [0.05, 0.1) is 24.8 Å². The topological polar surface area (TPSA) is 60.8 Å². The van der Waals surface area contributed by atoms with E-state index >= 15 is 0 Å². The molecule has 5 nitrogen and oxygen atoms in total. The third kappa shape index (κ3) is 3.76. The molecule has 1 aromatic carbocycles. The van der Waals surface area contributed by atoms with E-state index in [0.29, 0.717) is 25.4 Å². The Kier molecular flexibility index (Phi) is 5.24. The first-order chi connectivity index (χ1) is 13.1. The number of ether oxygens (including phenoxy) is 3. The van der Waals surface area contributed by atoms with Gasteiger partial charge in [0.25, 0.3) is 0 Å². The first-order valence-corrected chi connectivity index (χ1v) is 10.2. The van der Waals surface area contributed by atoms with Crippen LogP contribution < -0.4 is 4.74 Å². The summed E-state index contributed by atoms with van der Waals surface area (Å²) >= 11 is 0. The average molecular weight is 371 g/mol. The van der Waals surface area contributed by atoms with Crippen LogP contribution in [0.1, 0.15) is 57.1 Å². The molecule has 1 atom stereocenters. The Morgan fingerprint density at radius 1 is 1.26 bits per heavy atom. The van der Waals surface area contributed by atoms with E-state index in [-0.39, 0.29) is 11.9 Å². The van der Waals surface area contributed by atoms with Gasteiger partial charge in [-0.05, 0) is 37.3 Å². The Morgan fingerprint density at radius 2 is 2.07 bits per heavy atom. The zero-order valence-electron chi connectivity index (χ0n) is 16.3. The van der Waals surface area contributed by atoms with Crippen molar-refractivity contribution < 1.29 is 19.3 Å². The van der Waals surface area contributed by atoms with Crippen LogP contribution in [-0.2, 0) is 22.3 Å². The van der Waals surface area contributed by atoms with Crippen LogP contribution in [0.4, 0.5) is 0 Å². The van der Waals surface area contributed by atoms with E-state index in [4.69, 9.17) is 14.2 Å². The third-order valence-corrected chi connectivity index (χ3v) is 5.71. The van der Waals surface area contributed by atoms with Gasteiger partial charge in [0, 0.05) is 36.6 Å². The summed E-state index contributed by atoms with van der Waals surface area (Å²) in [5, 5.41) is 11.6. The summed E-state index contributed by atoms with van der Waals surface area (Å²) in [7, 11) is 0. The molecule has 1 aromatic heterocycles. The second-order valence-corrected chi connectivity index (χ2v) is 7.81. The number of rotatable bonds is 6. The number of aryl methyl sites for hydroxylation is 1. The average Bonchev–Trinajstić information content (AvgIpc) is 3.09. The molecule has 1 saturated heterocycles. The van der Waals surface area contributed by atoms with E-state index in [1.54, 1.807) is 6.07 Å². The fourth-order valence-corrected chi connectivity index (χ4v) is 4.27. The van der Waals surface area contributed by atoms with Gasteiger partial charge in [0.15, 0.2) is 5.79 Å². The number of phenolic OH excluding ortho intramolecular Hbond substituents is 1. The molecule has 1 spiro atoms. The maximum absolute atomic E-state index is 10.8. The maximum Gasteiger partial charge on any atom is 0.172 e. The molecule has 2 heterocycles. The summed E-state index contributed by atoms with van der Waals surface area (Å²) in [5.41, 5.74) is 3.02. The normalized spacial score (nSPS) is 19.3. The number of hydrogen-bond acceptors (Lipinski definition) is 5. The van der Waals surface area contributed by atoms with E-state index in [1.165, 1.54) is 18.4 Å². The minimum absolute atomic E-state index is 0.120. The number of pyridine rings is 1. The van der Waals surface area contributed by atoms with Gasteiger partial charge in [0.2, 0.25) is 0 Å². The number of hydrogen-bond donors (Lipinski definition) is 1. The molecule has 2 aromatic rings. The summed E-state index contributed by atoms with van der Waals surface area (Å²) in [4.78, 5) is 4.59. The summed E-state index contributed by atoms with van der Waals surface area (Å²) in [5.74, 6) is 0.370. The molecule has 0 bridgehead atoms. The Hall–Kier alpha value is -1.85. The monoisotopic (exact) mass is 371 g/mol. The van der Waals surface area contributed by atoms with Crippen molar-refractivity contribution in [2.75, 3.05) is 13.2 Å². The van der Waals surface area contributed by atoms with Crippen molar-refractivity contribution >= 4 is 10.9 Å². The summed E-state index contributed by atoms with van der Waals surface area (Å²) in [6.45, 7) is 5.55. The Morgan fingerprint density at radius 3 is 2.85 bits per heavy atom. The molecular weight excluding hydrogens is 342 g/mol. The molecule has 1 aliphatic carbocycles. The molecule has 146 valence electrons. The van der Waals surface area contributed by atoms with Crippen LogP contribution in [0.25, 0.3) is 10.9 Å². The molecule has 1 aliphatic heterocycles. The van der Waals surface area contributed by atoms with Gasteiger partial charge in [0.1, 0.15) is 11.5 Å². The fraction of sp³-hybridized carbons (Fsp3) is 0.591. The second-order valence-electron chi connectivity index (χ2n) is 7.81. The van der Waals surface area contributed by atoms with Gasteiger partial charge in [-0.2, -0.15) is 0 Å². The van der Waals surface area contributed by atoms with Crippen LogP contribution in [0.3, 0.4) is 0 Å². The molecule has 0 radical (unpaired) electrons. The molecular formula is C22H29NO4. The lowest BCUT2D eigenvalue weighted by atomic mass is 9.86. The third-order valence-electron chi connectivity index (χ3n) is 5.71. The lowest BCUT2D eigenvalue weighted by Gasteiger charge is -2.33. The number of nitrogens with zero attached hydrogens (tertiary/aromatic N) is 1. The predicted molar refractivity (Wildman–Crippen MR) is 104 cm³/mol. The van der Waals surface area contributed by atoms with Crippen molar-refractivity contribution in [1.29, 1.82) is 0 Å². The minimum atomic E-state index is -0.531. The molecule has 1 N–H and O–H groups in total. The van der Waals surface area contributed by atoms with E-state index in [0.717, 1.165) is 42.1 Å². The van der Waals surface area contributed by atoms with Crippen molar-refractivity contribution in [3.63, 3.8) is 0 Å². The van der Waals surface area contributed by atoms with Crippen molar-refractivity contribution in [3.05, 3.63) is 29.5 Å². The van der Waals surface area contributed by atoms with Crippen LogP contribution in [-0.4, -0.2) is 35.2 Å². The summed E-state index contributed by atoms with van der Waals surface area (Å²) in [6.07, 6.45) is 8.98. The zero-order valence-corrected chi connectivity index (χ0v) is 16.3. The largest absolute Gasteiger partial charge is 0.507 e. The molecule has 5 heteroatoms. The highest BCUT2D eigenvalue weighted by Crippen LogP contribution is 2.41. The highest BCUT2D eigenvalue weighted by Gasteiger charge is 2.40. The number of fused-ring (bicyclic) bond motifs is 3. The molecule has 1 unspecified atom stereocenters. The van der Waals surface area contributed by atoms with Crippen molar-refractivity contribution in [2.24, 2.45) is 0 Å². The number of aromatic hydroxyl groups is 1. The van der Waals surface area contributed by atoms with Crippen LogP contribution in [0.15, 0.2) is 18.3 Å². The molecule has 1 fully saturated rings. The number of benzene rings is 1. The predicted octanol–water partition coefficient (Wildman–Crippen LogP) is 4.52. The van der Waals surface area contributed by atoms with E-state index in [2.05, 4.69) is 18.8 Å². The summed E-state index contributed by atoms with van der Waals surface area (Å²) in [6, 6.07) is 3.65. The van der Waals surface area contributed by atoms with E-state index < -0.39 is 5.79 Å². The maximum atomic E-state index is 10.8. The quantitative estimate of drug-likeness (QED) is 0.757. The first kappa shape index (κ1) is 18.5. The van der Waals surface area contributed by atoms with Crippen molar-refractivity contribution in [2.45, 2.75) is 70.7 Å². The van der Waals surface area contributed by atoms with Crippen LogP contribution >= 0.6 is 0 Å². The van der Waals surface area contributed by atoms with E-state index in [9.17, 15) is 5.11 Å². The number of phenols is 1. The molecule has 0 amide bonds. The van der Waals surface area contributed by atoms with Gasteiger partial charge in [-0.15, -0.1) is 0 Å². The number of unbranched alkanes of at least 4 members (excludes halogenated alkanes) is 2. The summed E-state index contributed by atoms with van der Waals surface area (Å²) < 4.78 is 17.8.